The Labute approximate surface area is 150 Å². The Morgan fingerprint density at radius 2 is 2.08 bits per heavy atom. The van der Waals surface area contributed by atoms with Crippen LogP contribution in [-0.2, 0) is 6.42 Å². The summed E-state index contributed by atoms with van der Waals surface area (Å²) in [5, 5.41) is 3.00. The molecule has 3 rings (SSSR count). The topological polar surface area (TPSA) is 46.4 Å². The van der Waals surface area contributed by atoms with Gasteiger partial charge in [-0.15, -0.1) is 0 Å². The van der Waals surface area contributed by atoms with Gasteiger partial charge in [0.2, 0.25) is 0 Å². The zero-order valence-electron chi connectivity index (χ0n) is 14.1. The standard InChI is InChI=1S/C19H20BrN3O/c1-4-6-16-17(19(24)21-15-8-5-7-12(2)9-15)23-11-14(20)10-13(3)18(23)22-16/h5,7-11H,4,6H2,1-3H3,(H,21,24). The van der Waals surface area contributed by atoms with Crippen LogP contribution in [0.4, 0.5) is 5.69 Å². The maximum absolute atomic E-state index is 12.9. The molecule has 0 unspecified atom stereocenters. The van der Waals surface area contributed by atoms with E-state index < -0.39 is 0 Å². The van der Waals surface area contributed by atoms with Crippen LogP contribution in [0.5, 0.6) is 0 Å². The first-order chi connectivity index (χ1) is 11.5. The Bertz CT molecular complexity index is 914. The summed E-state index contributed by atoms with van der Waals surface area (Å²) >= 11 is 3.51. The Morgan fingerprint density at radius 1 is 1.29 bits per heavy atom. The van der Waals surface area contributed by atoms with E-state index in [0.29, 0.717) is 5.69 Å². The van der Waals surface area contributed by atoms with Crippen LogP contribution >= 0.6 is 15.9 Å². The second-order valence-corrected chi connectivity index (χ2v) is 6.93. The summed E-state index contributed by atoms with van der Waals surface area (Å²) in [6.45, 7) is 6.10. The fraction of sp³-hybridized carbons (Fsp3) is 0.263. The molecule has 2 aromatic heterocycles. The molecule has 0 atom stereocenters. The van der Waals surface area contributed by atoms with E-state index in [-0.39, 0.29) is 5.91 Å². The minimum atomic E-state index is -0.131. The number of aromatic nitrogens is 2. The minimum Gasteiger partial charge on any atom is -0.321 e. The van der Waals surface area contributed by atoms with Gasteiger partial charge >= 0.3 is 0 Å². The lowest BCUT2D eigenvalue weighted by molar-refractivity contribution is 0.102. The Hall–Kier alpha value is -2.14. The monoisotopic (exact) mass is 385 g/mol. The average molecular weight is 386 g/mol. The van der Waals surface area contributed by atoms with Crippen molar-refractivity contribution < 1.29 is 4.79 Å². The van der Waals surface area contributed by atoms with Crippen molar-refractivity contribution in [2.24, 2.45) is 0 Å². The van der Waals surface area contributed by atoms with Gasteiger partial charge < -0.3 is 5.32 Å². The Morgan fingerprint density at radius 3 is 2.79 bits per heavy atom. The highest BCUT2D eigenvalue weighted by atomic mass is 79.9. The predicted octanol–water partition coefficient (Wildman–Crippen LogP) is 4.92. The lowest BCUT2D eigenvalue weighted by atomic mass is 10.2. The van der Waals surface area contributed by atoms with Crippen LogP contribution in [0.2, 0.25) is 0 Å². The van der Waals surface area contributed by atoms with Crippen molar-refractivity contribution in [3.63, 3.8) is 0 Å². The second kappa shape index (κ2) is 6.77. The number of anilines is 1. The number of hydrogen-bond acceptors (Lipinski definition) is 2. The number of hydrogen-bond donors (Lipinski definition) is 1. The van der Waals surface area contributed by atoms with E-state index >= 15 is 0 Å². The molecule has 2 heterocycles. The van der Waals surface area contributed by atoms with Crippen LogP contribution in [0.15, 0.2) is 41.0 Å². The fourth-order valence-corrected chi connectivity index (χ4v) is 3.43. The summed E-state index contributed by atoms with van der Waals surface area (Å²) in [4.78, 5) is 17.6. The first kappa shape index (κ1) is 16.7. The quantitative estimate of drug-likeness (QED) is 0.692. The first-order valence-corrected chi connectivity index (χ1v) is 8.84. The molecule has 124 valence electrons. The first-order valence-electron chi connectivity index (χ1n) is 8.04. The summed E-state index contributed by atoms with van der Waals surface area (Å²) in [5.74, 6) is -0.131. The summed E-state index contributed by atoms with van der Waals surface area (Å²) in [7, 11) is 0. The number of pyridine rings is 1. The van der Waals surface area contributed by atoms with Gasteiger partial charge in [0, 0.05) is 16.4 Å². The molecule has 24 heavy (non-hydrogen) atoms. The summed E-state index contributed by atoms with van der Waals surface area (Å²) in [6.07, 6.45) is 3.61. The van der Waals surface area contributed by atoms with E-state index in [1.165, 1.54) is 0 Å². The Kier molecular flexibility index (Phi) is 4.71. The van der Waals surface area contributed by atoms with Gasteiger partial charge in [0.1, 0.15) is 11.3 Å². The van der Waals surface area contributed by atoms with Gasteiger partial charge in [-0.1, -0.05) is 25.5 Å². The number of benzene rings is 1. The highest BCUT2D eigenvalue weighted by molar-refractivity contribution is 9.10. The number of rotatable bonds is 4. The number of nitrogens with one attached hydrogen (secondary N) is 1. The molecular weight excluding hydrogens is 366 g/mol. The number of carbonyl (C=O) groups excluding carboxylic acids is 1. The van der Waals surface area contributed by atoms with E-state index in [1.807, 2.05) is 54.8 Å². The van der Waals surface area contributed by atoms with E-state index in [2.05, 4.69) is 28.2 Å². The summed E-state index contributed by atoms with van der Waals surface area (Å²) < 4.78 is 2.81. The van der Waals surface area contributed by atoms with E-state index in [4.69, 9.17) is 4.98 Å². The number of fused-ring (bicyclic) bond motifs is 1. The molecule has 0 bridgehead atoms. The fourth-order valence-electron chi connectivity index (χ4n) is 2.88. The summed E-state index contributed by atoms with van der Waals surface area (Å²) in [5.41, 5.74) is 5.22. The van der Waals surface area contributed by atoms with Crippen molar-refractivity contribution >= 4 is 33.2 Å². The van der Waals surface area contributed by atoms with Crippen molar-refractivity contribution in [2.75, 3.05) is 5.32 Å². The lowest BCUT2D eigenvalue weighted by Crippen LogP contribution is -2.16. The van der Waals surface area contributed by atoms with Crippen LogP contribution in [0.3, 0.4) is 0 Å². The third kappa shape index (κ3) is 3.22. The second-order valence-electron chi connectivity index (χ2n) is 6.02. The molecule has 5 heteroatoms. The maximum atomic E-state index is 12.9. The largest absolute Gasteiger partial charge is 0.321 e. The van der Waals surface area contributed by atoms with Gasteiger partial charge in [0.05, 0.1) is 5.69 Å². The van der Waals surface area contributed by atoms with Gasteiger partial charge in [0.15, 0.2) is 0 Å². The van der Waals surface area contributed by atoms with Crippen LogP contribution < -0.4 is 5.32 Å². The molecule has 0 aliphatic heterocycles. The zero-order chi connectivity index (χ0) is 17.3. The number of nitrogens with zero attached hydrogens (tertiary/aromatic N) is 2. The smallest absolute Gasteiger partial charge is 0.274 e. The third-order valence-electron chi connectivity index (χ3n) is 3.92. The number of aryl methyl sites for hydroxylation is 3. The SMILES string of the molecule is CCCc1nc2c(C)cc(Br)cn2c1C(=O)Nc1cccc(C)c1. The molecule has 0 saturated heterocycles. The molecule has 0 fully saturated rings. The van der Waals surface area contributed by atoms with Gasteiger partial charge in [0.25, 0.3) is 5.91 Å². The normalized spacial score (nSPS) is 11.0. The van der Waals surface area contributed by atoms with Crippen molar-refractivity contribution in [1.82, 2.24) is 9.38 Å². The van der Waals surface area contributed by atoms with E-state index in [9.17, 15) is 4.79 Å². The van der Waals surface area contributed by atoms with E-state index in [0.717, 1.165) is 45.5 Å². The zero-order valence-corrected chi connectivity index (χ0v) is 15.6. The third-order valence-corrected chi connectivity index (χ3v) is 4.35. The Balaban J connectivity index is 2.09. The highest BCUT2D eigenvalue weighted by Crippen LogP contribution is 2.23. The molecule has 1 amide bonds. The van der Waals surface area contributed by atoms with E-state index in [1.54, 1.807) is 0 Å². The molecule has 0 aliphatic carbocycles. The molecule has 0 spiro atoms. The molecule has 1 N–H and O–H groups in total. The van der Waals surface area contributed by atoms with Crippen molar-refractivity contribution in [2.45, 2.75) is 33.6 Å². The molecular formula is C19H20BrN3O. The maximum Gasteiger partial charge on any atom is 0.274 e. The highest BCUT2D eigenvalue weighted by Gasteiger charge is 2.20. The average Bonchev–Trinajstić information content (AvgIpc) is 2.86. The van der Waals surface area contributed by atoms with Gasteiger partial charge in [-0.3, -0.25) is 9.20 Å². The molecule has 3 aromatic rings. The van der Waals surface area contributed by atoms with Gasteiger partial charge in [-0.05, 0) is 65.5 Å². The number of imidazole rings is 1. The lowest BCUT2D eigenvalue weighted by Gasteiger charge is -2.08. The van der Waals surface area contributed by atoms with Crippen LogP contribution in [-0.4, -0.2) is 15.3 Å². The van der Waals surface area contributed by atoms with Crippen LogP contribution in [0, 0.1) is 13.8 Å². The predicted molar refractivity (Wildman–Crippen MR) is 101 cm³/mol. The number of carbonyl (C=O) groups is 1. The van der Waals surface area contributed by atoms with Crippen LogP contribution in [0.1, 0.15) is 40.7 Å². The van der Waals surface area contributed by atoms with Crippen molar-refractivity contribution in [3.05, 3.63) is 63.5 Å². The molecule has 1 aromatic carbocycles. The van der Waals surface area contributed by atoms with Gasteiger partial charge in [-0.2, -0.15) is 0 Å². The molecule has 4 nitrogen and oxygen atoms in total. The molecule has 0 saturated carbocycles. The number of amides is 1. The molecule has 0 aliphatic rings. The minimum absolute atomic E-state index is 0.131. The van der Waals surface area contributed by atoms with Gasteiger partial charge in [-0.25, -0.2) is 4.98 Å². The summed E-state index contributed by atoms with van der Waals surface area (Å²) in [6, 6.07) is 9.82. The van der Waals surface area contributed by atoms with Crippen molar-refractivity contribution in [3.8, 4) is 0 Å². The number of halogens is 1. The molecule has 0 radical (unpaired) electrons. The van der Waals surface area contributed by atoms with Crippen molar-refractivity contribution in [1.29, 1.82) is 0 Å². The van der Waals surface area contributed by atoms with Crippen LogP contribution in [0.25, 0.3) is 5.65 Å².